The van der Waals surface area contributed by atoms with Gasteiger partial charge in [0.05, 0.1) is 22.3 Å². The van der Waals surface area contributed by atoms with Crippen LogP contribution in [0.1, 0.15) is 35.3 Å². The standard InChI is InChI=1S/C30H28N4O2/c1-18(2)17-34-27-13-11-20(4)15-24(27)28(30(34)36)32-33-29(35)23-16-26(21-8-6-5-7-9-21)31-25-12-10-19(3)14-22(23)25/h5-16,18,36H,17H2,1-4H3. The molecule has 0 bridgehead atoms. The first kappa shape index (κ1) is 23.4. The third kappa shape index (κ3) is 4.38. The van der Waals surface area contributed by atoms with Crippen molar-refractivity contribution in [3.8, 4) is 17.1 Å². The maximum absolute atomic E-state index is 13.4. The minimum Gasteiger partial charge on any atom is -0.493 e. The number of fused-ring (bicyclic) bond motifs is 2. The van der Waals surface area contributed by atoms with Crippen LogP contribution in [0.3, 0.4) is 0 Å². The Morgan fingerprint density at radius 1 is 0.944 bits per heavy atom. The van der Waals surface area contributed by atoms with Gasteiger partial charge in [0.1, 0.15) is 0 Å². The first-order valence-corrected chi connectivity index (χ1v) is 12.1. The molecule has 1 amide bonds. The van der Waals surface area contributed by atoms with Crippen molar-refractivity contribution in [2.45, 2.75) is 34.2 Å². The average Bonchev–Trinajstić information content (AvgIpc) is 3.11. The minimum atomic E-state index is -0.484. The number of rotatable bonds is 5. The lowest BCUT2D eigenvalue weighted by molar-refractivity contribution is 0.0996. The number of azo groups is 1. The zero-order chi connectivity index (χ0) is 25.4. The summed E-state index contributed by atoms with van der Waals surface area (Å²) in [5, 5.41) is 20.9. The van der Waals surface area contributed by atoms with E-state index in [0.717, 1.165) is 33.0 Å². The molecule has 2 heterocycles. The number of hydrogen-bond donors (Lipinski definition) is 1. The molecule has 0 aliphatic heterocycles. The van der Waals surface area contributed by atoms with Crippen molar-refractivity contribution in [3.63, 3.8) is 0 Å². The largest absolute Gasteiger partial charge is 0.493 e. The second kappa shape index (κ2) is 9.38. The highest BCUT2D eigenvalue weighted by Gasteiger charge is 2.19. The van der Waals surface area contributed by atoms with Gasteiger partial charge in [0.2, 0.25) is 5.88 Å². The quantitative estimate of drug-likeness (QED) is 0.263. The summed E-state index contributed by atoms with van der Waals surface area (Å²) < 4.78 is 1.83. The van der Waals surface area contributed by atoms with Gasteiger partial charge in [-0.15, -0.1) is 10.2 Å². The van der Waals surface area contributed by atoms with Gasteiger partial charge in [0, 0.05) is 22.9 Å². The number of nitrogens with zero attached hydrogens (tertiary/aromatic N) is 4. The molecule has 1 N–H and O–H groups in total. The lowest BCUT2D eigenvalue weighted by Gasteiger charge is -2.09. The Bertz CT molecular complexity index is 1630. The van der Waals surface area contributed by atoms with Crippen molar-refractivity contribution < 1.29 is 9.90 Å². The second-order valence-electron chi connectivity index (χ2n) is 9.64. The normalized spacial score (nSPS) is 11.8. The molecule has 2 aromatic heterocycles. The number of amides is 1. The fraction of sp³-hybridized carbons (Fsp3) is 0.200. The van der Waals surface area contributed by atoms with Crippen LogP contribution in [0.15, 0.2) is 83.0 Å². The van der Waals surface area contributed by atoms with E-state index in [-0.39, 0.29) is 5.88 Å². The van der Waals surface area contributed by atoms with Crippen LogP contribution in [0.2, 0.25) is 0 Å². The smallest absolute Gasteiger partial charge is 0.296 e. The number of aromatic hydroxyl groups is 1. The van der Waals surface area contributed by atoms with Crippen molar-refractivity contribution in [3.05, 3.63) is 89.5 Å². The van der Waals surface area contributed by atoms with Gasteiger partial charge in [-0.3, -0.25) is 4.79 Å². The Balaban J connectivity index is 1.63. The summed E-state index contributed by atoms with van der Waals surface area (Å²) in [5.74, 6) is -0.148. The molecule has 0 fully saturated rings. The topological polar surface area (TPSA) is 79.8 Å². The van der Waals surface area contributed by atoms with Gasteiger partial charge in [-0.05, 0) is 50.1 Å². The number of benzene rings is 3. The Labute approximate surface area is 210 Å². The zero-order valence-corrected chi connectivity index (χ0v) is 20.9. The third-order valence-electron chi connectivity index (χ3n) is 6.22. The highest BCUT2D eigenvalue weighted by molar-refractivity contribution is 6.08. The van der Waals surface area contributed by atoms with Crippen LogP contribution in [0.4, 0.5) is 5.69 Å². The molecule has 6 heteroatoms. The van der Waals surface area contributed by atoms with Crippen molar-refractivity contribution in [2.24, 2.45) is 16.1 Å². The van der Waals surface area contributed by atoms with Gasteiger partial charge in [-0.2, -0.15) is 0 Å². The number of aryl methyl sites for hydroxylation is 2. The summed E-state index contributed by atoms with van der Waals surface area (Å²) in [6, 6.07) is 23.3. The van der Waals surface area contributed by atoms with Gasteiger partial charge in [-0.1, -0.05) is 67.4 Å². The monoisotopic (exact) mass is 476 g/mol. The van der Waals surface area contributed by atoms with Gasteiger partial charge < -0.3 is 9.67 Å². The fourth-order valence-electron chi connectivity index (χ4n) is 4.51. The van der Waals surface area contributed by atoms with E-state index in [2.05, 4.69) is 24.1 Å². The Morgan fingerprint density at radius 3 is 2.36 bits per heavy atom. The van der Waals surface area contributed by atoms with E-state index in [1.807, 2.05) is 85.1 Å². The lowest BCUT2D eigenvalue weighted by Crippen LogP contribution is -2.03. The maximum atomic E-state index is 13.4. The molecule has 180 valence electrons. The molecule has 3 aromatic carbocycles. The molecule has 0 saturated carbocycles. The third-order valence-corrected chi connectivity index (χ3v) is 6.22. The molecule has 6 nitrogen and oxygen atoms in total. The molecule has 0 saturated heterocycles. The molecule has 0 aliphatic carbocycles. The Hall–Kier alpha value is -4.32. The number of pyridine rings is 1. The van der Waals surface area contributed by atoms with Crippen molar-refractivity contribution in [1.29, 1.82) is 0 Å². The predicted molar refractivity (Wildman–Crippen MR) is 144 cm³/mol. The van der Waals surface area contributed by atoms with Crippen LogP contribution in [0.5, 0.6) is 5.88 Å². The molecule has 0 atom stereocenters. The number of carbonyl (C=O) groups excluding carboxylic acids is 1. The number of aromatic nitrogens is 2. The minimum absolute atomic E-state index is 0.0151. The Kier molecular flexibility index (Phi) is 6.10. The van der Waals surface area contributed by atoms with E-state index in [1.165, 1.54) is 0 Å². The number of carbonyl (C=O) groups is 1. The van der Waals surface area contributed by atoms with E-state index in [1.54, 1.807) is 6.07 Å². The summed E-state index contributed by atoms with van der Waals surface area (Å²) in [7, 11) is 0. The predicted octanol–water partition coefficient (Wildman–Crippen LogP) is 7.76. The van der Waals surface area contributed by atoms with E-state index in [4.69, 9.17) is 4.98 Å². The second-order valence-corrected chi connectivity index (χ2v) is 9.64. The molecule has 0 unspecified atom stereocenters. The molecule has 5 aromatic rings. The van der Waals surface area contributed by atoms with Crippen LogP contribution in [-0.2, 0) is 6.54 Å². The van der Waals surface area contributed by atoms with Gasteiger partial charge in [0.15, 0.2) is 5.69 Å². The van der Waals surface area contributed by atoms with E-state index in [0.29, 0.717) is 34.9 Å². The van der Waals surface area contributed by atoms with E-state index in [9.17, 15) is 9.90 Å². The van der Waals surface area contributed by atoms with Crippen LogP contribution in [0.25, 0.3) is 33.1 Å². The maximum Gasteiger partial charge on any atom is 0.296 e. The van der Waals surface area contributed by atoms with Gasteiger partial charge in [-0.25, -0.2) is 4.98 Å². The molecule has 0 radical (unpaired) electrons. The van der Waals surface area contributed by atoms with Crippen molar-refractivity contribution in [2.75, 3.05) is 0 Å². The van der Waals surface area contributed by atoms with Gasteiger partial charge in [0.25, 0.3) is 5.91 Å². The fourth-order valence-corrected chi connectivity index (χ4v) is 4.51. The SMILES string of the molecule is Cc1ccc2nc(-c3ccccc3)cc(C(=O)N=Nc3c(O)n(CC(C)C)c4ccc(C)cc34)c2c1. The molecule has 5 rings (SSSR count). The van der Waals surface area contributed by atoms with Gasteiger partial charge >= 0.3 is 0 Å². The average molecular weight is 477 g/mol. The summed E-state index contributed by atoms with van der Waals surface area (Å²) in [5.41, 5.74) is 5.97. The highest BCUT2D eigenvalue weighted by Crippen LogP contribution is 2.40. The molecule has 0 spiro atoms. The van der Waals surface area contributed by atoms with Crippen LogP contribution in [-0.4, -0.2) is 20.6 Å². The first-order chi connectivity index (χ1) is 17.3. The Morgan fingerprint density at radius 2 is 1.64 bits per heavy atom. The zero-order valence-electron chi connectivity index (χ0n) is 20.9. The number of hydrogen-bond acceptors (Lipinski definition) is 4. The summed E-state index contributed by atoms with van der Waals surface area (Å²) in [4.78, 5) is 18.2. The van der Waals surface area contributed by atoms with Crippen LogP contribution < -0.4 is 0 Å². The lowest BCUT2D eigenvalue weighted by atomic mass is 10.0. The first-order valence-electron chi connectivity index (χ1n) is 12.1. The molecular formula is C30H28N4O2. The molecule has 0 aliphatic rings. The van der Waals surface area contributed by atoms with Crippen LogP contribution in [0, 0.1) is 19.8 Å². The van der Waals surface area contributed by atoms with Crippen molar-refractivity contribution in [1.82, 2.24) is 9.55 Å². The van der Waals surface area contributed by atoms with Crippen LogP contribution >= 0.6 is 0 Å². The van der Waals surface area contributed by atoms with Crippen molar-refractivity contribution >= 4 is 33.4 Å². The van der Waals surface area contributed by atoms with E-state index < -0.39 is 5.91 Å². The highest BCUT2D eigenvalue weighted by atomic mass is 16.3. The summed E-state index contributed by atoms with van der Waals surface area (Å²) in [6.07, 6.45) is 0. The molecule has 36 heavy (non-hydrogen) atoms. The summed E-state index contributed by atoms with van der Waals surface area (Å²) in [6.45, 7) is 8.77. The van der Waals surface area contributed by atoms with E-state index >= 15 is 0 Å². The molecular weight excluding hydrogens is 448 g/mol. The summed E-state index contributed by atoms with van der Waals surface area (Å²) >= 11 is 0.